The summed E-state index contributed by atoms with van der Waals surface area (Å²) < 4.78 is 10.6. The lowest BCUT2D eigenvalue weighted by molar-refractivity contribution is 0.174. The summed E-state index contributed by atoms with van der Waals surface area (Å²) in [7, 11) is 0. The second-order valence-corrected chi connectivity index (χ2v) is 4.81. The average molecular weight is 216 g/mol. The minimum absolute atomic E-state index is 0.350. The minimum Gasteiger partial charge on any atom is -0.454 e. The standard InChI is InChI=1S/C14H16O2/c1-10-6-12(7-10)3-2-11-4-5-13-14(8-11)16-9-15-13/h2-5,8,10,12H,6-7,9H2,1H3/b3-2+. The molecule has 0 spiro atoms. The first kappa shape index (κ1) is 9.76. The molecule has 16 heavy (non-hydrogen) atoms. The van der Waals surface area contributed by atoms with Gasteiger partial charge in [-0.1, -0.05) is 25.1 Å². The lowest BCUT2D eigenvalue weighted by atomic mass is 9.76. The highest BCUT2D eigenvalue weighted by atomic mass is 16.7. The van der Waals surface area contributed by atoms with Gasteiger partial charge in [0.25, 0.3) is 0 Å². The van der Waals surface area contributed by atoms with Crippen LogP contribution < -0.4 is 9.47 Å². The van der Waals surface area contributed by atoms with Gasteiger partial charge in [0.1, 0.15) is 0 Å². The van der Waals surface area contributed by atoms with Crippen molar-refractivity contribution in [2.75, 3.05) is 6.79 Å². The van der Waals surface area contributed by atoms with Gasteiger partial charge in [0.15, 0.2) is 11.5 Å². The van der Waals surface area contributed by atoms with Crippen molar-refractivity contribution in [2.24, 2.45) is 11.8 Å². The summed E-state index contributed by atoms with van der Waals surface area (Å²) in [6.45, 7) is 2.66. The van der Waals surface area contributed by atoms with E-state index >= 15 is 0 Å². The minimum atomic E-state index is 0.350. The monoisotopic (exact) mass is 216 g/mol. The first-order chi connectivity index (χ1) is 7.81. The number of allylic oxidation sites excluding steroid dienone is 1. The van der Waals surface area contributed by atoms with Gasteiger partial charge in [0.05, 0.1) is 0 Å². The fraction of sp³-hybridized carbons (Fsp3) is 0.429. The van der Waals surface area contributed by atoms with Gasteiger partial charge < -0.3 is 9.47 Å². The summed E-state index contributed by atoms with van der Waals surface area (Å²) in [5.74, 6) is 3.41. The van der Waals surface area contributed by atoms with Crippen molar-refractivity contribution in [3.05, 3.63) is 29.8 Å². The molecule has 2 heteroatoms. The molecule has 2 aliphatic rings. The quantitative estimate of drug-likeness (QED) is 0.753. The Bertz CT molecular complexity index is 417. The Hall–Kier alpha value is -1.44. The Balaban J connectivity index is 1.70. The van der Waals surface area contributed by atoms with E-state index in [1.54, 1.807) is 0 Å². The molecular formula is C14H16O2. The van der Waals surface area contributed by atoms with Gasteiger partial charge in [0.2, 0.25) is 6.79 Å². The Morgan fingerprint density at radius 2 is 2.00 bits per heavy atom. The normalized spacial score (nSPS) is 27.1. The van der Waals surface area contributed by atoms with Gasteiger partial charge in [-0.25, -0.2) is 0 Å². The summed E-state index contributed by atoms with van der Waals surface area (Å²) >= 11 is 0. The van der Waals surface area contributed by atoms with Crippen molar-refractivity contribution in [1.82, 2.24) is 0 Å². The first-order valence-corrected chi connectivity index (χ1v) is 5.89. The molecule has 0 saturated heterocycles. The summed E-state index contributed by atoms with van der Waals surface area (Å²) in [6, 6.07) is 6.10. The maximum Gasteiger partial charge on any atom is 0.231 e. The first-order valence-electron chi connectivity index (χ1n) is 5.89. The molecule has 1 fully saturated rings. The summed E-state index contributed by atoms with van der Waals surface area (Å²) in [6.07, 6.45) is 7.18. The van der Waals surface area contributed by atoms with Crippen LogP contribution in [0.3, 0.4) is 0 Å². The molecule has 1 aliphatic carbocycles. The van der Waals surface area contributed by atoms with Crippen LogP contribution in [-0.2, 0) is 0 Å². The van der Waals surface area contributed by atoms with E-state index in [9.17, 15) is 0 Å². The van der Waals surface area contributed by atoms with E-state index in [4.69, 9.17) is 9.47 Å². The molecule has 1 aromatic rings. The fourth-order valence-corrected chi connectivity index (χ4v) is 2.39. The highest BCUT2D eigenvalue weighted by Gasteiger charge is 2.22. The largest absolute Gasteiger partial charge is 0.454 e. The van der Waals surface area contributed by atoms with Crippen molar-refractivity contribution in [2.45, 2.75) is 19.8 Å². The summed E-state index contributed by atoms with van der Waals surface area (Å²) in [4.78, 5) is 0. The Kier molecular flexibility index (Phi) is 2.35. The Morgan fingerprint density at radius 1 is 1.19 bits per heavy atom. The van der Waals surface area contributed by atoms with E-state index in [0.717, 1.165) is 23.3 Å². The van der Waals surface area contributed by atoms with Crippen LogP contribution in [0.2, 0.25) is 0 Å². The van der Waals surface area contributed by atoms with Crippen molar-refractivity contribution >= 4 is 6.08 Å². The highest BCUT2D eigenvalue weighted by molar-refractivity contribution is 5.56. The molecule has 1 aromatic carbocycles. The van der Waals surface area contributed by atoms with Gasteiger partial charge in [-0.3, -0.25) is 0 Å². The summed E-state index contributed by atoms with van der Waals surface area (Å²) in [5, 5.41) is 0. The number of hydrogen-bond donors (Lipinski definition) is 0. The lowest BCUT2D eigenvalue weighted by Gasteiger charge is -2.30. The van der Waals surface area contributed by atoms with Crippen LogP contribution in [0, 0.1) is 11.8 Å². The molecule has 3 rings (SSSR count). The van der Waals surface area contributed by atoms with E-state index in [1.807, 2.05) is 12.1 Å². The predicted octanol–water partition coefficient (Wildman–Crippen LogP) is 3.47. The number of benzene rings is 1. The third kappa shape index (κ3) is 1.80. The van der Waals surface area contributed by atoms with Gasteiger partial charge in [-0.15, -0.1) is 0 Å². The number of hydrogen-bond acceptors (Lipinski definition) is 2. The molecule has 84 valence electrons. The number of ether oxygens (including phenoxy) is 2. The molecule has 0 aromatic heterocycles. The highest BCUT2D eigenvalue weighted by Crippen LogP contribution is 2.36. The third-order valence-corrected chi connectivity index (χ3v) is 3.37. The molecule has 1 heterocycles. The molecule has 0 radical (unpaired) electrons. The van der Waals surface area contributed by atoms with Crippen molar-refractivity contribution in [3.63, 3.8) is 0 Å². The molecule has 0 N–H and O–H groups in total. The van der Waals surface area contributed by atoms with E-state index in [2.05, 4.69) is 25.1 Å². The van der Waals surface area contributed by atoms with Crippen LogP contribution in [0.4, 0.5) is 0 Å². The van der Waals surface area contributed by atoms with Crippen LogP contribution in [0.25, 0.3) is 6.08 Å². The number of fused-ring (bicyclic) bond motifs is 1. The zero-order valence-electron chi connectivity index (χ0n) is 9.48. The Labute approximate surface area is 95.9 Å². The molecule has 0 atom stereocenters. The lowest BCUT2D eigenvalue weighted by Crippen LogP contribution is -2.18. The topological polar surface area (TPSA) is 18.5 Å². The van der Waals surface area contributed by atoms with Crippen molar-refractivity contribution < 1.29 is 9.47 Å². The van der Waals surface area contributed by atoms with Gasteiger partial charge in [-0.2, -0.15) is 0 Å². The SMILES string of the molecule is CC1CC(/C=C/c2ccc3c(c2)OCO3)C1. The van der Waals surface area contributed by atoms with Gasteiger partial charge in [-0.05, 0) is 42.4 Å². The van der Waals surface area contributed by atoms with E-state index in [0.29, 0.717) is 6.79 Å². The Morgan fingerprint density at radius 3 is 2.81 bits per heavy atom. The number of rotatable bonds is 2. The molecule has 0 unspecified atom stereocenters. The van der Waals surface area contributed by atoms with Crippen LogP contribution in [0.1, 0.15) is 25.3 Å². The predicted molar refractivity (Wildman–Crippen MR) is 63.5 cm³/mol. The fourth-order valence-electron chi connectivity index (χ4n) is 2.39. The molecule has 0 amide bonds. The van der Waals surface area contributed by atoms with Crippen LogP contribution >= 0.6 is 0 Å². The van der Waals surface area contributed by atoms with E-state index in [1.165, 1.54) is 18.4 Å². The zero-order valence-corrected chi connectivity index (χ0v) is 9.48. The maximum atomic E-state index is 5.35. The van der Waals surface area contributed by atoms with E-state index in [-0.39, 0.29) is 0 Å². The molecular weight excluding hydrogens is 200 g/mol. The smallest absolute Gasteiger partial charge is 0.231 e. The van der Waals surface area contributed by atoms with E-state index < -0.39 is 0 Å². The molecule has 0 bridgehead atoms. The second-order valence-electron chi connectivity index (χ2n) is 4.81. The van der Waals surface area contributed by atoms with Gasteiger partial charge in [0, 0.05) is 0 Å². The zero-order chi connectivity index (χ0) is 11.0. The van der Waals surface area contributed by atoms with Crippen molar-refractivity contribution in [3.8, 4) is 11.5 Å². The van der Waals surface area contributed by atoms with Crippen LogP contribution in [0.5, 0.6) is 11.5 Å². The van der Waals surface area contributed by atoms with Gasteiger partial charge >= 0.3 is 0 Å². The third-order valence-electron chi connectivity index (χ3n) is 3.37. The van der Waals surface area contributed by atoms with Crippen LogP contribution in [0.15, 0.2) is 24.3 Å². The summed E-state index contributed by atoms with van der Waals surface area (Å²) in [5.41, 5.74) is 1.20. The van der Waals surface area contributed by atoms with Crippen LogP contribution in [-0.4, -0.2) is 6.79 Å². The molecule has 2 nitrogen and oxygen atoms in total. The second kappa shape index (κ2) is 3.85. The molecule has 1 saturated carbocycles. The van der Waals surface area contributed by atoms with Crippen molar-refractivity contribution in [1.29, 1.82) is 0 Å². The average Bonchev–Trinajstić information content (AvgIpc) is 2.69. The molecule has 1 aliphatic heterocycles. The maximum absolute atomic E-state index is 5.35.